The third-order valence-corrected chi connectivity index (χ3v) is 12.3. The van der Waals surface area contributed by atoms with E-state index in [1.807, 2.05) is 64.1 Å². The molecule has 0 heterocycles. The predicted octanol–water partition coefficient (Wildman–Crippen LogP) is 6.36. The first-order chi connectivity index (χ1) is 19.9. The number of rotatable bonds is 14. The van der Waals surface area contributed by atoms with Crippen molar-refractivity contribution < 1.29 is 28.2 Å². The topological polar surface area (TPSA) is 63.2 Å². The van der Waals surface area contributed by atoms with Crippen LogP contribution in [-0.4, -0.2) is 47.0 Å². The van der Waals surface area contributed by atoms with E-state index in [2.05, 4.69) is 69.3 Å². The molecule has 3 aromatic rings. The largest absolute Gasteiger partial charge is 0.497 e. The molecule has 0 saturated heterocycles. The zero-order valence-corrected chi connectivity index (χ0v) is 27.5. The average molecular weight is 593 g/mol. The smallest absolute Gasteiger partial charge is 0.309 e. The highest BCUT2D eigenvalue weighted by Crippen LogP contribution is 2.37. The fourth-order valence-corrected chi connectivity index (χ4v) is 9.68. The summed E-state index contributed by atoms with van der Waals surface area (Å²) in [7, 11) is -1.15. The van der Waals surface area contributed by atoms with Crippen LogP contribution in [0, 0.1) is 11.8 Å². The number of esters is 1. The Morgan fingerprint density at radius 1 is 0.762 bits per heavy atom. The molecule has 0 aromatic heterocycles. The van der Waals surface area contributed by atoms with E-state index in [0.29, 0.717) is 19.8 Å². The van der Waals surface area contributed by atoms with E-state index in [9.17, 15) is 4.79 Å². The molecule has 0 unspecified atom stereocenters. The van der Waals surface area contributed by atoms with Crippen molar-refractivity contribution in [3.8, 4) is 5.75 Å². The number of carbonyl (C=O) groups excluding carboxylic acids is 1. The first-order valence-corrected chi connectivity index (χ1v) is 16.5. The molecule has 42 heavy (non-hydrogen) atoms. The van der Waals surface area contributed by atoms with E-state index in [1.165, 1.54) is 10.4 Å². The maximum Gasteiger partial charge on any atom is 0.309 e. The second-order valence-electron chi connectivity index (χ2n) is 12.7. The Hall–Kier alpha value is -2.97. The number of benzene rings is 3. The van der Waals surface area contributed by atoms with Crippen LogP contribution in [0.15, 0.2) is 84.9 Å². The highest BCUT2D eigenvalue weighted by atomic mass is 28.4. The third kappa shape index (κ3) is 9.01. The lowest BCUT2D eigenvalue weighted by atomic mass is 9.95. The lowest BCUT2D eigenvalue weighted by Gasteiger charge is -2.44. The second kappa shape index (κ2) is 15.0. The van der Waals surface area contributed by atoms with E-state index < -0.39 is 19.8 Å². The molecule has 0 amide bonds. The molecule has 0 radical (unpaired) electrons. The fourth-order valence-electron chi connectivity index (χ4n) is 5.06. The summed E-state index contributed by atoms with van der Waals surface area (Å²) in [5, 5.41) is 2.20. The summed E-state index contributed by atoms with van der Waals surface area (Å²) < 4.78 is 30.0. The van der Waals surface area contributed by atoms with Crippen molar-refractivity contribution >= 4 is 24.7 Å². The molecular formula is C35H48O6Si. The minimum Gasteiger partial charge on any atom is -0.497 e. The molecule has 0 aliphatic rings. The van der Waals surface area contributed by atoms with Gasteiger partial charge in [-0.15, -0.1) is 0 Å². The summed E-state index contributed by atoms with van der Waals surface area (Å²) in [6.07, 6.45) is 0. The van der Waals surface area contributed by atoms with Gasteiger partial charge in [0, 0.05) is 12.5 Å². The predicted molar refractivity (Wildman–Crippen MR) is 171 cm³/mol. The van der Waals surface area contributed by atoms with Crippen molar-refractivity contribution in [3.63, 3.8) is 0 Å². The zero-order chi connectivity index (χ0) is 30.8. The first-order valence-electron chi connectivity index (χ1n) is 14.6. The number of ether oxygens (including phenoxy) is 4. The van der Waals surface area contributed by atoms with Gasteiger partial charge in [-0.25, -0.2) is 0 Å². The summed E-state index contributed by atoms with van der Waals surface area (Å²) in [6.45, 7) is 15.4. The SMILES string of the molecule is COc1ccc(COCOC[C@@H](CO[Si](c2ccccc2)(c2ccccc2)C(C)(C)C)[C@@H](C)C(=O)OC(C)(C)C)cc1. The number of hydrogen-bond acceptors (Lipinski definition) is 6. The van der Waals surface area contributed by atoms with Gasteiger partial charge in [0.25, 0.3) is 8.32 Å². The lowest BCUT2D eigenvalue weighted by molar-refractivity contribution is -0.164. The highest BCUT2D eigenvalue weighted by Gasteiger charge is 2.50. The molecule has 6 nitrogen and oxygen atoms in total. The monoisotopic (exact) mass is 592 g/mol. The van der Waals surface area contributed by atoms with Crippen LogP contribution < -0.4 is 15.1 Å². The maximum absolute atomic E-state index is 13.2. The quantitative estimate of drug-likeness (QED) is 0.0940. The van der Waals surface area contributed by atoms with Gasteiger partial charge in [0.1, 0.15) is 18.1 Å². The molecule has 3 aromatic carbocycles. The van der Waals surface area contributed by atoms with Crippen LogP contribution in [0.5, 0.6) is 5.75 Å². The van der Waals surface area contributed by atoms with Gasteiger partial charge >= 0.3 is 5.97 Å². The summed E-state index contributed by atoms with van der Waals surface area (Å²) in [4.78, 5) is 13.2. The van der Waals surface area contributed by atoms with Crippen molar-refractivity contribution in [2.75, 3.05) is 27.1 Å². The summed E-state index contributed by atoms with van der Waals surface area (Å²) in [6, 6.07) is 28.7. The van der Waals surface area contributed by atoms with E-state index in [4.69, 9.17) is 23.4 Å². The van der Waals surface area contributed by atoms with Crippen molar-refractivity contribution in [1.82, 2.24) is 0 Å². The Balaban J connectivity index is 1.81. The Labute approximate surface area is 253 Å². The van der Waals surface area contributed by atoms with Gasteiger partial charge in [-0.1, -0.05) is 100 Å². The van der Waals surface area contributed by atoms with Gasteiger partial charge in [-0.05, 0) is 53.9 Å². The molecule has 0 spiro atoms. The van der Waals surface area contributed by atoms with Crippen LogP contribution in [0.25, 0.3) is 0 Å². The van der Waals surface area contributed by atoms with Gasteiger partial charge in [-0.3, -0.25) is 4.79 Å². The van der Waals surface area contributed by atoms with Crippen LogP contribution in [-0.2, 0) is 30.0 Å². The van der Waals surface area contributed by atoms with Crippen LogP contribution >= 0.6 is 0 Å². The van der Waals surface area contributed by atoms with Crippen molar-refractivity contribution in [2.45, 2.75) is 65.7 Å². The van der Waals surface area contributed by atoms with E-state index >= 15 is 0 Å². The second-order valence-corrected chi connectivity index (χ2v) is 17.0. The van der Waals surface area contributed by atoms with Crippen molar-refractivity contribution in [2.24, 2.45) is 11.8 Å². The molecule has 2 atom stereocenters. The van der Waals surface area contributed by atoms with E-state index in [0.717, 1.165) is 11.3 Å². The zero-order valence-electron chi connectivity index (χ0n) is 26.5. The minimum atomic E-state index is -2.80. The molecule has 228 valence electrons. The van der Waals surface area contributed by atoms with Gasteiger partial charge in [0.05, 0.1) is 26.2 Å². The molecule has 0 bridgehead atoms. The van der Waals surface area contributed by atoms with Gasteiger partial charge in [0.2, 0.25) is 0 Å². The average Bonchev–Trinajstić information content (AvgIpc) is 2.95. The minimum absolute atomic E-state index is 0.1000. The molecule has 3 rings (SSSR count). The van der Waals surface area contributed by atoms with Crippen LogP contribution in [0.2, 0.25) is 5.04 Å². The Morgan fingerprint density at radius 2 is 1.31 bits per heavy atom. The van der Waals surface area contributed by atoms with Crippen LogP contribution in [0.1, 0.15) is 54.0 Å². The van der Waals surface area contributed by atoms with Crippen LogP contribution in [0.4, 0.5) is 0 Å². The number of methoxy groups -OCH3 is 1. The molecular weight excluding hydrogens is 544 g/mol. The number of hydrogen-bond donors (Lipinski definition) is 0. The third-order valence-electron chi connectivity index (χ3n) is 7.34. The first kappa shape index (κ1) is 33.5. The molecule has 7 heteroatoms. The Kier molecular flexibility index (Phi) is 11.9. The summed E-state index contributed by atoms with van der Waals surface area (Å²) >= 11 is 0. The van der Waals surface area contributed by atoms with Gasteiger partial charge < -0.3 is 23.4 Å². The normalized spacial score (nSPS) is 13.8. The summed E-state index contributed by atoms with van der Waals surface area (Å²) in [5.74, 6) is -0.147. The van der Waals surface area contributed by atoms with E-state index in [-0.39, 0.29) is 23.7 Å². The van der Waals surface area contributed by atoms with Crippen LogP contribution in [0.3, 0.4) is 0 Å². The van der Waals surface area contributed by atoms with Crippen molar-refractivity contribution in [1.29, 1.82) is 0 Å². The maximum atomic E-state index is 13.2. The Bertz CT molecular complexity index is 1180. The summed E-state index contributed by atoms with van der Waals surface area (Å²) in [5.41, 5.74) is 0.435. The standard InChI is InChI=1S/C35H48O6Si/c1-27(33(36)41-34(2,3)4)29(24-39-26-38-23-28-19-21-30(37-8)22-20-28)25-40-42(35(5,6)7,31-15-11-9-12-16-31)32-17-13-10-14-18-32/h9-22,27,29H,23-26H2,1-8H3/t27-,29+/m1/s1. The van der Waals surface area contributed by atoms with Gasteiger partial charge in [-0.2, -0.15) is 0 Å². The Morgan fingerprint density at radius 3 is 1.79 bits per heavy atom. The molecule has 0 N–H and O–H groups in total. The highest BCUT2D eigenvalue weighted by molar-refractivity contribution is 6.99. The number of carbonyl (C=O) groups is 1. The molecule has 0 aliphatic heterocycles. The molecule has 0 aliphatic carbocycles. The van der Waals surface area contributed by atoms with E-state index in [1.54, 1.807) is 7.11 Å². The van der Waals surface area contributed by atoms with Crippen molar-refractivity contribution in [3.05, 3.63) is 90.5 Å². The fraction of sp³-hybridized carbons (Fsp3) is 0.457. The molecule has 0 fully saturated rings. The van der Waals surface area contributed by atoms with Gasteiger partial charge in [0.15, 0.2) is 0 Å². The molecule has 0 saturated carbocycles. The lowest BCUT2D eigenvalue weighted by Crippen LogP contribution is -2.67.